The monoisotopic (exact) mass is 333 g/mol. The molecule has 0 saturated heterocycles. The number of nitrogens with one attached hydrogen (secondary N) is 1. The van der Waals surface area contributed by atoms with E-state index < -0.39 is 0 Å². The van der Waals surface area contributed by atoms with E-state index in [0.29, 0.717) is 22.5 Å². The van der Waals surface area contributed by atoms with E-state index in [-0.39, 0.29) is 5.56 Å². The molecule has 25 heavy (non-hydrogen) atoms. The Morgan fingerprint density at radius 2 is 1.88 bits per heavy atom. The van der Waals surface area contributed by atoms with Gasteiger partial charge in [-0.05, 0) is 44.2 Å². The van der Waals surface area contributed by atoms with Crippen LogP contribution in [0.2, 0.25) is 0 Å². The van der Waals surface area contributed by atoms with E-state index in [1.165, 1.54) is 0 Å². The quantitative estimate of drug-likeness (QED) is 0.608. The van der Waals surface area contributed by atoms with Gasteiger partial charge in [0.15, 0.2) is 11.6 Å². The van der Waals surface area contributed by atoms with Gasteiger partial charge in [-0.2, -0.15) is 0 Å². The number of hydrogen-bond acceptors (Lipinski definition) is 4. The number of para-hydroxylation sites is 1. The second-order valence-corrected chi connectivity index (χ2v) is 5.94. The van der Waals surface area contributed by atoms with Crippen LogP contribution in [0.15, 0.2) is 57.7 Å². The number of aromatic nitrogens is 2. The lowest BCUT2D eigenvalue weighted by Gasteiger charge is -2.20. The Balaban J connectivity index is 1.83. The molecule has 126 valence electrons. The van der Waals surface area contributed by atoms with Gasteiger partial charge in [-0.15, -0.1) is 0 Å². The minimum Gasteiger partial charge on any atom is -0.453 e. The van der Waals surface area contributed by atoms with Gasteiger partial charge in [0.1, 0.15) is 5.58 Å². The molecule has 0 atom stereocenters. The zero-order valence-corrected chi connectivity index (χ0v) is 14.2. The van der Waals surface area contributed by atoms with E-state index in [1.54, 1.807) is 6.07 Å². The predicted molar refractivity (Wildman–Crippen MR) is 101 cm³/mol. The van der Waals surface area contributed by atoms with Crippen LogP contribution < -0.4 is 10.5 Å². The summed E-state index contributed by atoms with van der Waals surface area (Å²) in [7, 11) is 0. The van der Waals surface area contributed by atoms with Gasteiger partial charge in [0, 0.05) is 30.2 Å². The van der Waals surface area contributed by atoms with Gasteiger partial charge in [-0.1, -0.05) is 12.1 Å². The number of fused-ring (bicyclic) bond motifs is 2. The van der Waals surface area contributed by atoms with Crippen molar-refractivity contribution in [2.45, 2.75) is 13.8 Å². The van der Waals surface area contributed by atoms with Crippen LogP contribution >= 0.6 is 0 Å². The highest BCUT2D eigenvalue weighted by Gasteiger charge is 2.12. The molecule has 0 aliphatic carbocycles. The van der Waals surface area contributed by atoms with E-state index in [0.717, 1.165) is 29.7 Å². The van der Waals surface area contributed by atoms with Gasteiger partial charge in [0.2, 0.25) is 0 Å². The first-order valence-electron chi connectivity index (χ1n) is 8.47. The van der Waals surface area contributed by atoms with Crippen molar-refractivity contribution < 1.29 is 4.42 Å². The van der Waals surface area contributed by atoms with Crippen molar-refractivity contribution in [3.8, 4) is 11.6 Å². The van der Waals surface area contributed by atoms with Gasteiger partial charge < -0.3 is 14.3 Å². The molecule has 0 aliphatic rings. The molecule has 2 aromatic carbocycles. The maximum atomic E-state index is 12.3. The summed E-state index contributed by atoms with van der Waals surface area (Å²) in [5, 5.41) is 1.56. The fourth-order valence-corrected chi connectivity index (χ4v) is 3.13. The van der Waals surface area contributed by atoms with Gasteiger partial charge in [-0.3, -0.25) is 4.79 Å². The summed E-state index contributed by atoms with van der Waals surface area (Å²) in [4.78, 5) is 21.9. The smallest absolute Gasteiger partial charge is 0.259 e. The lowest BCUT2D eigenvalue weighted by molar-refractivity contribution is 0.625. The Morgan fingerprint density at radius 1 is 1.08 bits per heavy atom. The number of nitrogens with zero attached hydrogens (tertiary/aromatic N) is 2. The zero-order valence-electron chi connectivity index (χ0n) is 14.2. The van der Waals surface area contributed by atoms with Crippen LogP contribution in [0, 0.1) is 0 Å². The largest absolute Gasteiger partial charge is 0.453 e. The Hall–Kier alpha value is -3.08. The SMILES string of the molecule is CCN(CC)c1ccc2cc(-c3nc4ccccc4c(=O)[nH]3)oc2c1. The first-order valence-corrected chi connectivity index (χ1v) is 8.47. The summed E-state index contributed by atoms with van der Waals surface area (Å²) >= 11 is 0. The van der Waals surface area contributed by atoms with E-state index >= 15 is 0 Å². The summed E-state index contributed by atoms with van der Waals surface area (Å²) in [6.45, 7) is 6.14. The maximum absolute atomic E-state index is 12.3. The van der Waals surface area contributed by atoms with Crippen molar-refractivity contribution in [1.29, 1.82) is 0 Å². The molecule has 5 heteroatoms. The van der Waals surface area contributed by atoms with Crippen molar-refractivity contribution in [3.63, 3.8) is 0 Å². The normalized spacial score (nSPS) is 11.3. The van der Waals surface area contributed by atoms with Crippen molar-refractivity contribution >= 4 is 27.6 Å². The summed E-state index contributed by atoms with van der Waals surface area (Å²) in [5.41, 5.74) is 2.41. The molecule has 0 saturated carbocycles. The highest BCUT2D eigenvalue weighted by Crippen LogP contribution is 2.29. The molecule has 0 aliphatic heterocycles. The molecule has 4 aromatic rings. The van der Waals surface area contributed by atoms with Crippen LogP contribution in [-0.4, -0.2) is 23.1 Å². The van der Waals surface area contributed by atoms with Crippen LogP contribution in [-0.2, 0) is 0 Å². The Bertz CT molecular complexity index is 1110. The molecular weight excluding hydrogens is 314 g/mol. The molecule has 2 heterocycles. The molecule has 0 unspecified atom stereocenters. The first kappa shape index (κ1) is 15.4. The third-order valence-corrected chi connectivity index (χ3v) is 4.48. The Labute approximate surface area is 144 Å². The average Bonchev–Trinajstić information content (AvgIpc) is 3.06. The second-order valence-electron chi connectivity index (χ2n) is 5.94. The predicted octanol–water partition coefficient (Wildman–Crippen LogP) is 4.18. The average molecular weight is 333 g/mol. The van der Waals surface area contributed by atoms with E-state index in [1.807, 2.05) is 36.4 Å². The van der Waals surface area contributed by atoms with E-state index in [2.05, 4.69) is 34.8 Å². The number of aromatic amines is 1. The zero-order chi connectivity index (χ0) is 17.4. The number of rotatable bonds is 4. The molecule has 2 aromatic heterocycles. The van der Waals surface area contributed by atoms with Crippen molar-refractivity contribution in [3.05, 3.63) is 58.9 Å². The van der Waals surface area contributed by atoms with Gasteiger partial charge in [-0.25, -0.2) is 4.98 Å². The fourth-order valence-electron chi connectivity index (χ4n) is 3.13. The molecular formula is C20H19N3O2. The lowest BCUT2D eigenvalue weighted by atomic mass is 10.2. The number of furan rings is 1. The van der Waals surface area contributed by atoms with Crippen molar-refractivity contribution in [2.24, 2.45) is 0 Å². The highest BCUT2D eigenvalue weighted by molar-refractivity contribution is 5.86. The standard InChI is InChI=1S/C20H19N3O2/c1-3-23(4-2)14-10-9-13-11-18(25-17(13)12-14)19-21-16-8-6-5-7-15(16)20(24)22-19/h5-12H,3-4H2,1-2H3,(H,21,22,24). The molecule has 0 fully saturated rings. The minimum absolute atomic E-state index is 0.162. The number of benzene rings is 2. The van der Waals surface area contributed by atoms with Gasteiger partial charge >= 0.3 is 0 Å². The van der Waals surface area contributed by atoms with Crippen LogP contribution in [0.25, 0.3) is 33.5 Å². The van der Waals surface area contributed by atoms with E-state index in [9.17, 15) is 4.79 Å². The van der Waals surface area contributed by atoms with Crippen LogP contribution in [0.5, 0.6) is 0 Å². The third-order valence-electron chi connectivity index (χ3n) is 4.48. The molecule has 0 radical (unpaired) electrons. The highest BCUT2D eigenvalue weighted by atomic mass is 16.3. The topological polar surface area (TPSA) is 62.1 Å². The second kappa shape index (κ2) is 6.09. The fraction of sp³-hybridized carbons (Fsp3) is 0.200. The molecule has 5 nitrogen and oxygen atoms in total. The van der Waals surface area contributed by atoms with E-state index in [4.69, 9.17) is 4.42 Å². The molecule has 0 amide bonds. The Kier molecular flexibility index (Phi) is 3.76. The number of anilines is 1. The van der Waals surface area contributed by atoms with Crippen LogP contribution in [0.4, 0.5) is 5.69 Å². The summed E-state index contributed by atoms with van der Waals surface area (Å²) in [5.74, 6) is 1.01. The third kappa shape index (κ3) is 2.67. The molecule has 4 rings (SSSR count). The molecule has 0 spiro atoms. The van der Waals surface area contributed by atoms with Crippen molar-refractivity contribution in [1.82, 2.24) is 9.97 Å². The number of hydrogen-bond donors (Lipinski definition) is 1. The lowest BCUT2D eigenvalue weighted by Crippen LogP contribution is -2.21. The number of H-pyrrole nitrogens is 1. The molecule has 0 bridgehead atoms. The summed E-state index contributed by atoms with van der Waals surface area (Å²) in [6.07, 6.45) is 0. The van der Waals surface area contributed by atoms with Gasteiger partial charge in [0.25, 0.3) is 5.56 Å². The van der Waals surface area contributed by atoms with Crippen LogP contribution in [0.1, 0.15) is 13.8 Å². The van der Waals surface area contributed by atoms with Crippen molar-refractivity contribution in [2.75, 3.05) is 18.0 Å². The first-order chi connectivity index (χ1) is 12.2. The molecule has 1 N–H and O–H groups in total. The van der Waals surface area contributed by atoms with Crippen LogP contribution in [0.3, 0.4) is 0 Å². The minimum atomic E-state index is -0.162. The van der Waals surface area contributed by atoms with Gasteiger partial charge in [0.05, 0.1) is 10.9 Å². The Morgan fingerprint density at radius 3 is 2.68 bits per heavy atom. The summed E-state index contributed by atoms with van der Waals surface area (Å²) < 4.78 is 5.98. The maximum Gasteiger partial charge on any atom is 0.259 e. The summed E-state index contributed by atoms with van der Waals surface area (Å²) in [6, 6.07) is 15.4.